The molecular weight excluding hydrogens is 380 g/mol. The normalized spacial score (nSPS) is 12.7. The van der Waals surface area contributed by atoms with E-state index in [9.17, 15) is 14.4 Å². The number of carbonyl (C=O) groups excluding carboxylic acids is 3. The van der Waals surface area contributed by atoms with Crippen LogP contribution in [0.3, 0.4) is 0 Å². The van der Waals surface area contributed by atoms with Crippen molar-refractivity contribution in [2.24, 2.45) is 11.7 Å². The average molecular weight is 435 g/mol. The molecule has 1 saturated carbocycles. The molecule has 0 heterocycles. The highest BCUT2D eigenvalue weighted by Gasteiger charge is 2.15. The smallest absolute Gasteiger partial charge is 0.220 e. The third kappa shape index (κ3) is 26.6. The third-order valence-electron chi connectivity index (χ3n) is 4.45. The summed E-state index contributed by atoms with van der Waals surface area (Å²) in [5.74, 6) is 0.792. The Labute approximate surface area is 189 Å². The average Bonchev–Trinajstić information content (AvgIpc) is 2.77. The van der Waals surface area contributed by atoms with Crippen LogP contribution in [0, 0.1) is 5.92 Å². The molecule has 30 heavy (non-hydrogen) atoms. The molecule has 1 aliphatic rings. The number of carbonyl (C=O) groups is 3. The molecule has 184 valence electrons. The van der Waals surface area contributed by atoms with E-state index in [1.165, 1.54) is 32.1 Å². The number of ketones is 1. The van der Waals surface area contributed by atoms with Gasteiger partial charge in [-0.15, -0.1) is 0 Å². The summed E-state index contributed by atoms with van der Waals surface area (Å²) in [6.45, 7) is 13.9. The number of hydrogen-bond acceptors (Lipinski definition) is 4. The third-order valence-corrected chi connectivity index (χ3v) is 4.45. The van der Waals surface area contributed by atoms with Gasteiger partial charge in [0, 0.05) is 48.3 Å². The minimum Gasteiger partial charge on any atom is -0.382 e. The van der Waals surface area contributed by atoms with E-state index in [1.807, 2.05) is 41.5 Å². The molecule has 0 spiro atoms. The highest BCUT2D eigenvalue weighted by molar-refractivity contribution is 5.78. The lowest BCUT2D eigenvalue weighted by molar-refractivity contribution is -0.122. The van der Waals surface area contributed by atoms with E-state index in [1.54, 1.807) is 0 Å². The van der Waals surface area contributed by atoms with Crippen molar-refractivity contribution in [3.05, 3.63) is 0 Å². The number of ether oxygens (including phenoxy) is 1. The number of amides is 2. The Bertz CT molecular complexity index is 405. The number of rotatable bonds is 12. The zero-order valence-electron chi connectivity index (χ0n) is 20.7. The van der Waals surface area contributed by atoms with Gasteiger partial charge in [0.25, 0.3) is 0 Å². The van der Waals surface area contributed by atoms with Crippen LogP contribution in [0.2, 0.25) is 0 Å². The quantitative estimate of drug-likeness (QED) is 0.387. The molecule has 0 aliphatic heterocycles. The summed E-state index contributed by atoms with van der Waals surface area (Å²) in [5, 5.41) is 2.74. The van der Waals surface area contributed by atoms with Gasteiger partial charge in [-0.2, -0.15) is 0 Å². The van der Waals surface area contributed by atoms with E-state index in [-0.39, 0.29) is 21.1 Å². The van der Waals surface area contributed by atoms with Crippen LogP contribution in [0.5, 0.6) is 0 Å². The molecule has 0 bridgehead atoms. The molecule has 0 aromatic rings. The van der Waals surface area contributed by atoms with Gasteiger partial charge in [-0.1, -0.05) is 66.7 Å². The number of primary amides is 1. The maximum absolute atomic E-state index is 11.2. The lowest BCUT2D eigenvalue weighted by Crippen LogP contribution is -2.25. The summed E-state index contributed by atoms with van der Waals surface area (Å²) in [4.78, 5) is 32.6. The second-order valence-corrected chi connectivity index (χ2v) is 6.82. The monoisotopic (exact) mass is 434 g/mol. The Morgan fingerprint density at radius 1 is 0.967 bits per heavy atom. The Morgan fingerprint density at radius 2 is 1.57 bits per heavy atom. The van der Waals surface area contributed by atoms with Crippen LogP contribution in [0.25, 0.3) is 0 Å². The van der Waals surface area contributed by atoms with Crippen LogP contribution in [0.15, 0.2) is 0 Å². The summed E-state index contributed by atoms with van der Waals surface area (Å²) in [5.41, 5.74) is 4.95. The first kappa shape index (κ1) is 33.2. The number of nitrogens with one attached hydrogen (secondary N) is 1. The molecule has 0 aromatic carbocycles. The van der Waals surface area contributed by atoms with Crippen molar-refractivity contribution in [3.63, 3.8) is 0 Å². The summed E-state index contributed by atoms with van der Waals surface area (Å²) in [7, 11) is 0. The predicted molar refractivity (Wildman–Crippen MR) is 131 cm³/mol. The topological polar surface area (TPSA) is 98.5 Å². The van der Waals surface area contributed by atoms with Crippen LogP contribution in [0.1, 0.15) is 115 Å². The van der Waals surface area contributed by atoms with Gasteiger partial charge in [0.1, 0.15) is 5.78 Å². The van der Waals surface area contributed by atoms with Crippen molar-refractivity contribution < 1.29 is 22.0 Å². The predicted octanol–water partition coefficient (Wildman–Crippen LogP) is 5.67. The molecule has 0 radical (unpaired) electrons. The molecule has 1 rings (SSSR count). The molecule has 0 saturated heterocycles. The Hall–Kier alpha value is -1.43. The van der Waals surface area contributed by atoms with Gasteiger partial charge in [-0.05, 0) is 25.7 Å². The maximum atomic E-state index is 11.2. The van der Waals surface area contributed by atoms with Crippen LogP contribution in [-0.2, 0) is 19.1 Å². The summed E-state index contributed by atoms with van der Waals surface area (Å²) < 4.78 is 5.12. The molecule has 0 aromatic heterocycles. The first-order valence-corrected chi connectivity index (χ1v) is 12.1. The fourth-order valence-electron chi connectivity index (χ4n) is 2.92. The minimum atomic E-state index is -0.362. The Balaban J connectivity index is -0.000000127. The molecule has 1 aliphatic carbocycles. The molecule has 6 nitrogen and oxygen atoms in total. The van der Waals surface area contributed by atoms with Crippen molar-refractivity contribution in [2.75, 3.05) is 19.8 Å². The SMILES string of the molecule is CC.CC.CCC(=O)CC1CCCCC1.CCOCCCNC(=O)CCCC(N)=O.[HH].[HH]. The highest BCUT2D eigenvalue weighted by atomic mass is 16.5. The molecule has 1 fully saturated rings. The number of nitrogens with two attached hydrogens (primary N) is 1. The van der Waals surface area contributed by atoms with Crippen molar-refractivity contribution in [1.82, 2.24) is 5.32 Å². The van der Waals surface area contributed by atoms with Crippen LogP contribution in [-0.4, -0.2) is 37.4 Å². The fourth-order valence-corrected chi connectivity index (χ4v) is 2.92. The lowest BCUT2D eigenvalue weighted by Gasteiger charge is -2.20. The second-order valence-electron chi connectivity index (χ2n) is 6.82. The van der Waals surface area contributed by atoms with Crippen LogP contribution < -0.4 is 11.1 Å². The first-order valence-electron chi connectivity index (χ1n) is 12.1. The van der Waals surface area contributed by atoms with Crippen LogP contribution >= 0.6 is 0 Å². The summed E-state index contributed by atoms with van der Waals surface area (Å²) in [6.07, 6.45) is 10.2. The zero-order chi connectivity index (χ0) is 23.6. The molecule has 0 unspecified atom stereocenters. The van der Waals surface area contributed by atoms with Crippen molar-refractivity contribution in [1.29, 1.82) is 0 Å². The Kier molecular flexibility index (Phi) is 30.5. The van der Waals surface area contributed by atoms with Gasteiger partial charge < -0.3 is 15.8 Å². The molecule has 6 heteroatoms. The van der Waals surface area contributed by atoms with E-state index >= 15 is 0 Å². The molecule has 0 atom stereocenters. The van der Waals surface area contributed by atoms with Gasteiger partial charge in [0.15, 0.2) is 0 Å². The maximum Gasteiger partial charge on any atom is 0.220 e. The second kappa shape index (κ2) is 27.6. The first-order chi connectivity index (χ1) is 14.5. The molecule has 3 N–H and O–H groups in total. The van der Waals surface area contributed by atoms with Gasteiger partial charge >= 0.3 is 0 Å². The minimum absolute atomic E-state index is 0. The summed E-state index contributed by atoms with van der Waals surface area (Å²) >= 11 is 0. The van der Waals surface area contributed by atoms with E-state index in [0.717, 1.165) is 25.2 Å². The van der Waals surface area contributed by atoms with Gasteiger partial charge in [-0.3, -0.25) is 14.4 Å². The largest absolute Gasteiger partial charge is 0.382 e. The van der Waals surface area contributed by atoms with E-state index in [4.69, 9.17) is 10.5 Å². The van der Waals surface area contributed by atoms with Gasteiger partial charge in [0.2, 0.25) is 11.8 Å². The number of hydrogen-bond donors (Lipinski definition) is 2. The van der Waals surface area contributed by atoms with Crippen molar-refractivity contribution in [3.8, 4) is 0 Å². The van der Waals surface area contributed by atoms with E-state index in [2.05, 4.69) is 5.32 Å². The van der Waals surface area contributed by atoms with Crippen LogP contribution in [0.4, 0.5) is 0 Å². The highest BCUT2D eigenvalue weighted by Crippen LogP contribution is 2.26. The Morgan fingerprint density at radius 3 is 2.07 bits per heavy atom. The van der Waals surface area contributed by atoms with Gasteiger partial charge in [0.05, 0.1) is 0 Å². The number of Topliss-reactive ketones (excluding diaryl/α,β-unsaturated/α-hetero) is 1. The standard InChI is InChI=1S/C10H20N2O3.C10H18O.2C2H6.2H2/c1-2-15-8-4-7-12-10(14)6-3-5-9(11)13;1-2-10(11)8-9-6-4-3-5-7-9;2*1-2;;/h2-8H2,1H3,(H2,11,13)(H,12,14);9H,2-8H2,1H3;2*1-2H3;2*1H. The lowest BCUT2D eigenvalue weighted by atomic mass is 9.85. The van der Waals surface area contributed by atoms with Gasteiger partial charge in [-0.25, -0.2) is 0 Å². The zero-order valence-corrected chi connectivity index (χ0v) is 20.7. The van der Waals surface area contributed by atoms with Crippen molar-refractivity contribution in [2.45, 2.75) is 112 Å². The van der Waals surface area contributed by atoms with E-state index in [0.29, 0.717) is 38.4 Å². The molecule has 2 amide bonds. The fraction of sp³-hybridized carbons (Fsp3) is 0.875. The van der Waals surface area contributed by atoms with Crippen molar-refractivity contribution >= 4 is 17.6 Å². The van der Waals surface area contributed by atoms with E-state index < -0.39 is 0 Å². The molecular formula is C24H54N2O4. The summed E-state index contributed by atoms with van der Waals surface area (Å²) in [6, 6.07) is 0.